The number of carboxylic acid groups (broad SMARTS) is 2. The van der Waals surface area contributed by atoms with Crippen molar-refractivity contribution in [3.8, 4) is 11.1 Å². The SMILES string of the molecule is Cc1c(C(=O)O)ccc(-c2ccccc2Cl)c1C(=O)O. The highest BCUT2D eigenvalue weighted by molar-refractivity contribution is 6.33. The van der Waals surface area contributed by atoms with Crippen molar-refractivity contribution < 1.29 is 19.8 Å². The zero-order chi connectivity index (χ0) is 14.9. The van der Waals surface area contributed by atoms with E-state index in [1.54, 1.807) is 24.3 Å². The lowest BCUT2D eigenvalue weighted by Gasteiger charge is -2.12. The molecule has 0 saturated carbocycles. The quantitative estimate of drug-likeness (QED) is 0.903. The maximum atomic E-state index is 11.5. The van der Waals surface area contributed by atoms with Crippen molar-refractivity contribution in [3.05, 3.63) is 58.1 Å². The van der Waals surface area contributed by atoms with Crippen molar-refractivity contribution in [2.45, 2.75) is 6.92 Å². The number of hydrogen-bond acceptors (Lipinski definition) is 2. The van der Waals surface area contributed by atoms with Crippen LogP contribution in [0.15, 0.2) is 36.4 Å². The van der Waals surface area contributed by atoms with Crippen molar-refractivity contribution in [2.75, 3.05) is 0 Å². The standard InChI is InChI=1S/C15H11ClO4/c1-8-9(14(17)18)6-7-11(13(8)15(19)20)10-4-2-3-5-12(10)16/h2-7H,1H3,(H,17,18)(H,19,20). The number of halogens is 1. The summed E-state index contributed by atoms with van der Waals surface area (Å²) >= 11 is 6.08. The summed E-state index contributed by atoms with van der Waals surface area (Å²) in [6.07, 6.45) is 0. The van der Waals surface area contributed by atoms with E-state index in [1.807, 2.05) is 0 Å². The average molecular weight is 291 g/mol. The van der Waals surface area contributed by atoms with Crippen LogP contribution in [0.4, 0.5) is 0 Å². The van der Waals surface area contributed by atoms with Gasteiger partial charge in [0, 0.05) is 10.6 Å². The second-order valence-corrected chi connectivity index (χ2v) is 4.66. The van der Waals surface area contributed by atoms with E-state index in [0.717, 1.165) is 0 Å². The summed E-state index contributed by atoms with van der Waals surface area (Å²) in [7, 11) is 0. The summed E-state index contributed by atoms with van der Waals surface area (Å²) in [5.41, 5.74) is 1.11. The van der Waals surface area contributed by atoms with Crippen LogP contribution in [0, 0.1) is 6.92 Å². The first-order valence-corrected chi connectivity index (χ1v) is 6.16. The lowest BCUT2D eigenvalue weighted by atomic mass is 9.92. The Labute approximate surface area is 120 Å². The molecule has 0 fully saturated rings. The zero-order valence-electron chi connectivity index (χ0n) is 10.6. The van der Waals surface area contributed by atoms with Crippen LogP contribution in [-0.4, -0.2) is 22.2 Å². The molecule has 2 rings (SSSR count). The lowest BCUT2D eigenvalue weighted by molar-refractivity contribution is 0.0696. The molecule has 0 amide bonds. The predicted octanol–water partition coefficient (Wildman–Crippen LogP) is 3.71. The van der Waals surface area contributed by atoms with Gasteiger partial charge in [0.1, 0.15) is 0 Å². The third-order valence-corrected chi connectivity index (χ3v) is 3.40. The van der Waals surface area contributed by atoms with E-state index < -0.39 is 11.9 Å². The van der Waals surface area contributed by atoms with Crippen LogP contribution >= 0.6 is 11.6 Å². The number of aromatic carboxylic acids is 2. The van der Waals surface area contributed by atoms with Gasteiger partial charge < -0.3 is 10.2 Å². The smallest absolute Gasteiger partial charge is 0.336 e. The first kappa shape index (κ1) is 14.1. The lowest BCUT2D eigenvalue weighted by Crippen LogP contribution is -2.09. The largest absolute Gasteiger partial charge is 0.478 e. The van der Waals surface area contributed by atoms with E-state index in [1.165, 1.54) is 19.1 Å². The maximum Gasteiger partial charge on any atom is 0.336 e. The molecular weight excluding hydrogens is 280 g/mol. The maximum absolute atomic E-state index is 11.5. The van der Waals surface area contributed by atoms with Crippen molar-refractivity contribution in [3.63, 3.8) is 0 Å². The molecule has 2 aromatic carbocycles. The monoisotopic (exact) mass is 290 g/mol. The highest BCUT2D eigenvalue weighted by Gasteiger charge is 2.21. The second kappa shape index (κ2) is 5.35. The summed E-state index contributed by atoms with van der Waals surface area (Å²) in [5.74, 6) is -2.34. The van der Waals surface area contributed by atoms with Gasteiger partial charge in [0.15, 0.2) is 0 Å². The fourth-order valence-corrected chi connectivity index (χ4v) is 2.36. The van der Waals surface area contributed by atoms with Gasteiger partial charge in [0.2, 0.25) is 0 Å². The van der Waals surface area contributed by atoms with Crippen LogP contribution in [0.25, 0.3) is 11.1 Å². The Balaban J connectivity index is 2.79. The molecule has 0 unspecified atom stereocenters. The molecule has 102 valence electrons. The van der Waals surface area contributed by atoms with E-state index in [0.29, 0.717) is 16.1 Å². The van der Waals surface area contributed by atoms with Crippen LogP contribution in [0.2, 0.25) is 5.02 Å². The van der Waals surface area contributed by atoms with Crippen molar-refractivity contribution in [2.24, 2.45) is 0 Å². The van der Waals surface area contributed by atoms with Crippen molar-refractivity contribution in [1.29, 1.82) is 0 Å². The molecule has 20 heavy (non-hydrogen) atoms. The second-order valence-electron chi connectivity index (χ2n) is 4.25. The minimum Gasteiger partial charge on any atom is -0.478 e. The van der Waals surface area contributed by atoms with Crippen LogP contribution in [-0.2, 0) is 0 Å². The molecule has 0 bridgehead atoms. The van der Waals surface area contributed by atoms with Gasteiger partial charge in [-0.1, -0.05) is 35.9 Å². The summed E-state index contributed by atoms with van der Waals surface area (Å²) in [5, 5.41) is 18.9. The van der Waals surface area contributed by atoms with Gasteiger partial charge in [-0.05, 0) is 30.2 Å². The molecule has 2 aromatic rings. The third kappa shape index (κ3) is 2.38. The van der Waals surface area contributed by atoms with Gasteiger partial charge in [-0.25, -0.2) is 9.59 Å². The molecule has 0 aliphatic heterocycles. The first-order valence-electron chi connectivity index (χ1n) is 5.78. The summed E-state index contributed by atoms with van der Waals surface area (Å²) in [6, 6.07) is 9.70. The Kier molecular flexibility index (Phi) is 3.77. The van der Waals surface area contributed by atoms with E-state index in [-0.39, 0.29) is 16.7 Å². The minimum absolute atomic E-state index is 0.0294. The van der Waals surface area contributed by atoms with E-state index in [2.05, 4.69) is 0 Å². The topological polar surface area (TPSA) is 74.6 Å². The Morgan fingerprint density at radius 2 is 1.60 bits per heavy atom. The normalized spacial score (nSPS) is 10.3. The number of carbonyl (C=O) groups is 2. The average Bonchev–Trinajstić information content (AvgIpc) is 2.38. The Bertz CT molecular complexity index is 707. The van der Waals surface area contributed by atoms with E-state index in [9.17, 15) is 14.7 Å². The van der Waals surface area contributed by atoms with Crippen LogP contribution in [0.1, 0.15) is 26.3 Å². The van der Waals surface area contributed by atoms with Crippen LogP contribution < -0.4 is 0 Å². The molecule has 5 heteroatoms. The molecule has 0 spiro atoms. The van der Waals surface area contributed by atoms with Crippen molar-refractivity contribution >= 4 is 23.5 Å². The highest BCUT2D eigenvalue weighted by atomic mass is 35.5. The van der Waals surface area contributed by atoms with Crippen LogP contribution in [0.3, 0.4) is 0 Å². The third-order valence-electron chi connectivity index (χ3n) is 3.07. The molecule has 0 heterocycles. The fraction of sp³-hybridized carbons (Fsp3) is 0.0667. The number of benzene rings is 2. The van der Waals surface area contributed by atoms with Crippen molar-refractivity contribution in [1.82, 2.24) is 0 Å². The van der Waals surface area contributed by atoms with E-state index in [4.69, 9.17) is 16.7 Å². The Morgan fingerprint density at radius 1 is 0.950 bits per heavy atom. The number of rotatable bonds is 3. The zero-order valence-corrected chi connectivity index (χ0v) is 11.3. The molecular formula is C15H11ClO4. The van der Waals surface area contributed by atoms with Gasteiger partial charge >= 0.3 is 11.9 Å². The first-order chi connectivity index (χ1) is 9.43. The molecule has 0 atom stereocenters. The Hall–Kier alpha value is -2.33. The van der Waals surface area contributed by atoms with Gasteiger partial charge in [0.05, 0.1) is 11.1 Å². The van der Waals surface area contributed by atoms with Crippen LogP contribution in [0.5, 0.6) is 0 Å². The molecule has 0 aliphatic rings. The van der Waals surface area contributed by atoms with Gasteiger partial charge in [0.25, 0.3) is 0 Å². The molecule has 0 radical (unpaired) electrons. The number of hydrogen-bond donors (Lipinski definition) is 2. The molecule has 0 aliphatic carbocycles. The molecule has 4 nitrogen and oxygen atoms in total. The molecule has 0 saturated heterocycles. The number of carboxylic acids is 2. The summed E-state index contributed by atoms with van der Waals surface area (Å²) in [4.78, 5) is 22.6. The van der Waals surface area contributed by atoms with E-state index >= 15 is 0 Å². The highest BCUT2D eigenvalue weighted by Crippen LogP contribution is 2.33. The van der Waals surface area contributed by atoms with Gasteiger partial charge in [-0.3, -0.25) is 0 Å². The summed E-state index contributed by atoms with van der Waals surface area (Å²) < 4.78 is 0. The molecule has 2 N–H and O–H groups in total. The fourth-order valence-electron chi connectivity index (χ4n) is 2.12. The van der Waals surface area contributed by atoms with Gasteiger partial charge in [-0.2, -0.15) is 0 Å². The summed E-state index contributed by atoms with van der Waals surface area (Å²) in [6.45, 7) is 1.48. The Morgan fingerprint density at radius 3 is 2.15 bits per heavy atom. The molecule has 0 aromatic heterocycles. The predicted molar refractivity (Wildman–Crippen MR) is 75.5 cm³/mol. The minimum atomic E-state index is -1.18. The van der Waals surface area contributed by atoms with Gasteiger partial charge in [-0.15, -0.1) is 0 Å².